The molecule has 0 heterocycles. The van der Waals surface area contributed by atoms with E-state index in [0.717, 1.165) is 6.54 Å². The van der Waals surface area contributed by atoms with Crippen LogP contribution in [0, 0.1) is 21.3 Å². The lowest BCUT2D eigenvalue weighted by Crippen LogP contribution is -2.42. The third kappa shape index (κ3) is 4.24. The van der Waals surface area contributed by atoms with E-state index in [1.54, 1.807) is 0 Å². The van der Waals surface area contributed by atoms with E-state index in [1.165, 1.54) is 12.1 Å². The third-order valence-electron chi connectivity index (χ3n) is 3.24. The van der Waals surface area contributed by atoms with Crippen LogP contribution >= 0.6 is 15.9 Å². The maximum Gasteiger partial charge on any atom is 0.273 e. The summed E-state index contributed by atoms with van der Waals surface area (Å²) >= 11 is 2.99. The minimum atomic E-state index is -0.477. The molecule has 0 saturated carbocycles. The maximum absolute atomic E-state index is 13.7. The Balaban J connectivity index is 3.18. The van der Waals surface area contributed by atoms with Crippen molar-refractivity contribution in [1.29, 1.82) is 0 Å². The summed E-state index contributed by atoms with van der Waals surface area (Å²) in [5, 5.41) is 14.4. The molecule has 112 valence electrons. The largest absolute Gasteiger partial charge is 0.313 e. The lowest BCUT2D eigenvalue weighted by Gasteiger charge is -2.31. The van der Waals surface area contributed by atoms with Gasteiger partial charge in [-0.2, -0.15) is 0 Å². The predicted molar refractivity (Wildman–Crippen MR) is 81.4 cm³/mol. The molecular formula is C14H20BrFN2O2. The number of hydrogen-bond acceptors (Lipinski definition) is 3. The van der Waals surface area contributed by atoms with Crippen LogP contribution in [-0.2, 0) is 6.42 Å². The number of hydrogen-bond donors (Lipinski definition) is 1. The number of nitrogens with zero attached hydrogens (tertiary/aromatic N) is 1. The van der Waals surface area contributed by atoms with Crippen molar-refractivity contribution in [3.63, 3.8) is 0 Å². The van der Waals surface area contributed by atoms with Crippen molar-refractivity contribution < 1.29 is 9.31 Å². The molecule has 20 heavy (non-hydrogen) atoms. The number of rotatable bonds is 5. The highest BCUT2D eigenvalue weighted by atomic mass is 79.9. The Kier molecular flexibility index (Phi) is 5.65. The highest BCUT2D eigenvalue weighted by Crippen LogP contribution is 2.30. The molecule has 1 rings (SSSR count). The van der Waals surface area contributed by atoms with Crippen molar-refractivity contribution in [2.45, 2.75) is 40.2 Å². The zero-order chi connectivity index (χ0) is 15.5. The van der Waals surface area contributed by atoms with Crippen molar-refractivity contribution in [3.8, 4) is 0 Å². The monoisotopic (exact) mass is 346 g/mol. The van der Waals surface area contributed by atoms with Crippen LogP contribution in [0.4, 0.5) is 10.1 Å². The van der Waals surface area contributed by atoms with Crippen LogP contribution in [0.2, 0.25) is 0 Å². The number of benzene rings is 1. The van der Waals surface area contributed by atoms with E-state index in [0.29, 0.717) is 12.0 Å². The molecule has 0 aliphatic carbocycles. The van der Waals surface area contributed by atoms with Gasteiger partial charge in [0.15, 0.2) is 0 Å². The van der Waals surface area contributed by atoms with Gasteiger partial charge in [0.1, 0.15) is 5.82 Å². The van der Waals surface area contributed by atoms with Crippen LogP contribution in [0.25, 0.3) is 0 Å². The van der Waals surface area contributed by atoms with E-state index in [9.17, 15) is 14.5 Å². The molecule has 0 radical (unpaired) electrons. The molecule has 0 saturated heterocycles. The highest BCUT2D eigenvalue weighted by Gasteiger charge is 2.27. The Morgan fingerprint density at radius 2 is 2.05 bits per heavy atom. The van der Waals surface area contributed by atoms with Gasteiger partial charge in [-0.3, -0.25) is 10.1 Å². The number of nitro groups is 1. The van der Waals surface area contributed by atoms with Crippen LogP contribution in [0.5, 0.6) is 0 Å². The minimum absolute atomic E-state index is 0.0341. The van der Waals surface area contributed by atoms with Gasteiger partial charge in [-0.15, -0.1) is 0 Å². The van der Waals surface area contributed by atoms with Crippen LogP contribution in [-0.4, -0.2) is 17.5 Å². The Morgan fingerprint density at radius 3 is 2.50 bits per heavy atom. The third-order valence-corrected chi connectivity index (χ3v) is 3.85. The zero-order valence-electron chi connectivity index (χ0n) is 12.2. The Labute approximate surface area is 127 Å². The first-order valence-electron chi connectivity index (χ1n) is 6.52. The molecule has 0 spiro atoms. The van der Waals surface area contributed by atoms with E-state index in [-0.39, 0.29) is 21.6 Å². The Bertz CT molecular complexity index is 501. The molecule has 4 nitrogen and oxygen atoms in total. The average Bonchev–Trinajstić information content (AvgIpc) is 2.31. The van der Waals surface area contributed by atoms with Gasteiger partial charge in [0.05, 0.1) is 9.40 Å². The first kappa shape index (κ1) is 17.0. The molecule has 0 fully saturated rings. The minimum Gasteiger partial charge on any atom is -0.313 e. The fourth-order valence-corrected chi connectivity index (χ4v) is 2.39. The Morgan fingerprint density at radius 1 is 1.45 bits per heavy atom. The molecular weight excluding hydrogens is 327 g/mol. The number of nitrogens with one attached hydrogen (secondary N) is 1. The quantitative estimate of drug-likeness (QED) is 0.645. The number of likely N-dealkylation sites (N-methyl/N-ethyl adjacent to an activating group) is 1. The van der Waals surface area contributed by atoms with Crippen molar-refractivity contribution in [2.75, 3.05) is 6.54 Å². The van der Waals surface area contributed by atoms with Gasteiger partial charge in [0.25, 0.3) is 5.69 Å². The molecule has 6 heteroatoms. The second kappa shape index (κ2) is 6.63. The second-order valence-electron chi connectivity index (χ2n) is 5.83. The highest BCUT2D eigenvalue weighted by molar-refractivity contribution is 9.10. The number of nitro benzene ring substituents is 1. The first-order valence-corrected chi connectivity index (χ1v) is 7.31. The van der Waals surface area contributed by atoms with E-state index < -0.39 is 10.7 Å². The average molecular weight is 347 g/mol. The predicted octanol–water partition coefficient (Wildman–Crippen LogP) is 4.06. The van der Waals surface area contributed by atoms with Gasteiger partial charge in [-0.25, -0.2) is 4.39 Å². The summed E-state index contributed by atoms with van der Waals surface area (Å²) in [6.45, 7) is 8.91. The van der Waals surface area contributed by atoms with Crippen LogP contribution in [0.3, 0.4) is 0 Å². The summed E-state index contributed by atoms with van der Waals surface area (Å²) in [6, 6.07) is 2.51. The van der Waals surface area contributed by atoms with Crippen LogP contribution < -0.4 is 5.32 Å². The topological polar surface area (TPSA) is 55.2 Å². The summed E-state index contributed by atoms with van der Waals surface area (Å²) in [6.07, 6.45) is 0.415. The van der Waals surface area contributed by atoms with E-state index >= 15 is 0 Å². The van der Waals surface area contributed by atoms with E-state index in [1.807, 2.05) is 6.92 Å². The smallest absolute Gasteiger partial charge is 0.273 e. The molecule has 0 bridgehead atoms. The van der Waals surface area contributed by atoms with Gasteiger partial charge in [0, 0.05) is 17.7 Å². The SMILES string of the molecule is CCNC(Cc1cc(F)c(Br)cc1[N+](=O)[O-])C(C)(C)C. The van der Waals surface area contributed by atoms with Crippen molar-refractivity contribution >= 4 is 21.6 Å². The molecule has 0 aliphatic heterocycles. The number of halogens is 2. The second-order valence-corrected chi connectivity index (χ2v) is 6.69. The van der Waals surface area contributed by atoms with Crippen molar-refractivity contribution in [1.82, 2.24) is 5.32 Å². The van der Waals surface area contributed by atoms with E-state index in [2.05, 4.69) is 42.0 Å². The summed E-state index contributed by atoms with van der Waals surface area (Å²) in [4.78, 5) is 10.6. The Hall–Kier alpha value is -1.01. The molecule has 0 aromatic heterocycles. The molecule has 1 atom stereocenters. The lowest BCUT2D eigenvalue weighted by molar-refractivity contribution is -0.385. The van der Waals surface area contributed by atoms with E-state index in [4.69, 9.17) is 0 Å². The summed E-state index contributed by atoms with van der Waals surface area (Å²) in [5.41, 5.74) is 0.287. The summed E-state index contributed by atoms with van der Waals surface area (Å²) in [7, 11) is 0. The van der Waals surface area contributed by atoms with Crippen molar-refractivity contribution in [3.05, 3.63) is 38.1 Å². The van der Waals surface area contributed by atoms with Gasteiger partial charge in [-0.1, -0.05) is 27.7 Å². The molecule has 1 aromatic carbocycles. The summed E-state index contributed by atoms with van der Waals surface area (Å²) < 4.78 is 13.8. The fraction of sp³-hybridized carbons (Fsp3) is 0.571. The van der Waals surface area contributed by atoms with Crippen molar-refractivity contribution in [2.24, 2.45) is 5.41 Å². The normalized spacial score (nSPS) is 13.3. The van der Waals surface area contributed by atoms with Gasteiger partial charge in [-0.05, 0) is 40.4 Å². The first-order chi connectivity index (χ1) is 9.16. The lowest BCUT2D eigenvalue weighted by atomic mass is 9.82. The molecule has 1 aromatic rings. The molecule has 1 unspecified atom stereocenters. The van der Waals surface area contributed by atoms with Crippen LogP contribution in [0.1, 0.15) is 33.3 Å². The van der Waals surface area contributed by atoms with Gasteiger partial charge < -0.3 is 5.32 Å². The van der Waals surface area contributed by atoms with Crippen LogP contribution in [0.15, 0.2) is 16.6 Å². The standard InChI is InChI=1S/C14H20BrFN2O2/c1-5-17-13(14(2,3)4)7-9-6-11(16)10(15)8-12(9)18(19)20/h6,8,13,17H,5,7H2,1-4H3. The zero-order valence-corrected chi connectivity index (χ0v) is 13.8. The summed E-state index contributed by atoms with van der Waals surface area (Å²) in [5.74, 6) is -0.477. The molecule has 0 aliphatic rings. The van der Waals surface area contributed by atoms with Gasteiger partial charge >= 0.3 is 0 Å². The fourth-order valence-electron chi connectivity index (χ4n) is 2.06. The molecule has 1 N–H and O–H groups in total. The molecule has 0 amide bonds. The maximum atomic E-state index is 13.7. The van der Waals surface area contributed by atoms with Gasteiger partial charge in [0.2, 0.25) is 0 Å².